The standard InChI is InChI=1S/C26H22ClNO/c1-18-7-10-20(11-8-18)17-29-26-14-12-21-5-3-4-6-23(21)24(26)16-28-22-13-9-19(2)25(27)15-22/h3-16H,17H2,1-2H3. The zero-order valence-electron chi connectivity index (χ0n) is 16.5. The highest BCUT2D eigenvalue weighted by Gasteiger charge is 2.08. The van der Waals surface area contributed by atoms with Crippen molar-refractivity contribution in [2.24, 2.45) is 4.99 Å². The number of rotatable bonds is 5. The largest absolute Gasteiger partial charge is 0.488 e. The van der Waals surface area contributed by atoms with E-state index in [9.17, 15) is 0 Å². The Morgan fingerprint density at radius 2 is 1.69 bits per heavy atom. The van der Waals surface area contributed by atoms with E-state index in [0.29, 0.717) is 11.6 Å². The molecular formula is C26H22ClNO. The van der Waals surface area contributed by atoms with Gasteiger partial charge in [-0.25, -0.2) is 0 Å². The summed E-state index contributed by atoms with van der Waals surface area (Å²) in [7, 11) is 0. The van der Waals surface area contributed by atoms with Crippen LogP contribution in [0.2, 0.25) is 5.02 Å². The maximum atomic E-state index is 6.25. The van der Waals surface area contributed by atoms with Crippen molar-refractivity contribution in [1.82, 2.24) is 0 Å². The van der Waals surface area contributed by atoms with E-state index in [1.807, 2.05) is 49.5 Å². The number of benzene rings is 4. The van der Waals surface area contributed by atoms with E-state index < -0.39 is 0 Å². The highest BCUT2D eigenvalue weighted by atomic mass is 35.5. The van der Waals surface area contributed by atoms with Crippen LogP contribution in [0.4, 0.5) is 5.69 Å². The predicted octanol–water partition coefficient (Wildman–Crippen LogP) is 7.44. The van der Waals surface area contributed by atoms with Crippen LogP contribution in [0, 0.1) is 13.8 Å². The van der Waals surface area contributed by atoms with Crippen LogP contribution < -0.4 is 4.74 Å². The average Bonchev–Trinajstić information content (AvgIpc) is 2.74. The Morgan fingerprint density at radius 1 is 0.897 bits per heavy atom. The van der Waals surface area contributed by atoms with E-state index in [0.717, 1.165) is 38.9 Å². The van der Waals surface area contributed by atoms with Gasteiger partial charge in [0, 0.05) is 16.8 Å². The number of aliphatic imine (C=N–C) groups is 1. The second-order valence-corrected chi connectivity index (χ2v) is 7.57. The molecule has 0 fully saturated rings. The summed E-state index contributed by atoms with van der Waals surface area (Å²) in [5, 5.41) is 2.97. The molecule has 4 aromatic carbocycles. The second-order valence-electron chi connectivity index (χ2n) is 7.16. The molecule has 0 unspecified atom stereocenters. The van der Waals surface area contributed by atoms with Crippen LogP contribution in [0.25, 0.3) is 10.8 Å². The third-order valence-corrected chi connectivity index (χ3v) is 5.35. The summed E-state index contributed by atoms with van der Waals surface area (Å²) >= 11 is 6.25. The van der Waals surface area contributed by atoms with E-state index in [1.165, 1.54) is 5.56 Å². The molecular weight excluding hydrogens is 378 g/mol. The van der Waals surface area contributed by atoms with Crippen molar-refractivity contribution in [2.45, 2.75) is 20.5 Å². The molecule has 0 atom stereocenters. The Labute approximate surface area is 176 Å². The summed E-state index contributed by atoms with van der Waals surface area (Å²) in [5.41, 5.74) is 5.20. The Bertz CT molecular complexity index is 1180. The summed E-state index contributed by atoms with van der Waals surface area (Å²) < 4.78 is 6.19. The van der Waals surface area contributed by atoms with Crippen molar-refractivity contribution >= 4 is 34.3 Å². The number of ether oxygens (including phenoxy) is 1. The molecule has 0 bridgehead atoms. The number of hydrogen-bond acceptors (Lipinski definition) is 2. The quantitative estimate of drug-likeness (QED) is 0.319. The van der Waals surface area contributed by atoms with E-state index >= 15 is 0 Å². The van der Waals surface area contributed by atoms with Crippen molar-refractivity contribution in [3.8, 4) is 5.75 Å². The summed E-state index contributed by atoms with van der Waals surface area (Å²) in [6.45, 7) is 4.58. The lowest BCUT2D eigenvalue weighted by atomic mass is 10.0. The first-order valence-corrected chi connectivity index (χ1v) is 9.98. The molecule has 0 N–H and O–H groups in total. The van der Waals surface area contributed by atoms with Gasteiger partial charge in [0.1, 0.15) is 12.4 Å². The SMILES string of the molecule is Cc1ccc(COc2ccc3ccccc3c2C=Nc2ccc(C)c(Cl)c2)cc1. The molecule has 144 valence electrons. The summed E-state index contributed by atoms with van der Waals surface area (Å²) in [6, 6.07) is 26.6. The minimum absolute atomic E-state index is 0.510. The van der Waals surface area contributed by atoms with E-state index in [1.54, 1.807) is 0 Å². The maximum Gasteiger partial charge on any atom is 0.129 e. The van der Waals surface area contributed by atoms with E-state index in [4.69, 9.17) is 16.3 Å². The summed E-state index contributed by atoms with van der Waals surface area (Å²) in [4.78, 5) is 4.67. The van der Waals surface area contributed by atoms with Crippen molar-refractivity contribution in [1.29, 1.82) is 0 Å². The minimum Gasteiger partial charge on any atom is -0.488 e. The van der Waals surface area contributed by atoms with Crippen LogP contribution in [0.5, 0.6) is 5.75 Å². The van der Waals surface area contributed by atoms with Gasteiger partial charge in [-0.2, -0.15) is 0 Å². The Kier molecular flexibility index (Phi) is 5.64. The van der Waals surface area contributed by atoms with Gasteiger partial charge >= 0.3 is 0 Å². The molecule has 3 heteroatoms. The van der Waals surface area contributed by atoms with Crippen molar-refractivity contribution in [2.75, 3.05) is 0 Å². The second kappa shape index (κ2) is 8.50. The van der Waals surface area contributed by atoms with Gasteiger partial charge in [-0.15, -0.1) is 0 Å². The van der Waals surface area contributed by atoms with E-state index in [-0.39, 0.29) is 0 Å². The monoisotopic (exact) mass is 399 g/mol. The van der Waals surface area contributed by atoms with Crippen molar-refractivity contribution < 1.29 is 4.74 Å². The summed E-state index contributed by atoms with van der Waals surface area (Å²) in [6.07, 6.45) is 1.87. The lowest BCUT2D eigenvalue weighted by Crippen LogP contribution is -1.99. The first kappa shape index (κ1) is 19.2. The third-order valence-electron chi connectivity index (χ3n) is 4.94. The zero-order valence-corrected chi connectivity index (χ0v) is 17.3. The Balaban J connectivity index is 1.69. The van der Waals surface area contributed by atoms with Crippen LogP contribution in [-0.4, -0.2) is 6.21 Å². The molecule has 0 aliphatic rings. The fourth-order valence-corrected chi connectivity index (χ4v) is 3.36. The highest BCUT2D eigenvalue weighted by Crippen LogP contribution is 2.29. The number of halogens is 1. The lowest BCUT2D eigenvalue weighted by Gasteiger charge is -2.12. The number of nitrogens with zero attached hydrogens (tertiary/aromatic N) is 1. The Hall–Kier alpha value is -3.10. The molecule has 0 aromatic heterocycles. The molecule has 4 aromatic rings. The molecule has 0 aliphatic carbocycles. The van der Waals surface area contributed by atoms with Crippen molar-refractivity contribution in [3.63, 3.8) is 0 Å². The predicted molar refractivity (Wildman–Crippen MR) is 123 cm³/mol. The molecule has 0 heterocycles. The topological polar surface area (TPSA) is 21.6 Å². The van der Waals surface area contributed by atoms with E-state index in [2.05, 4.69) is 54.4 Å². The van der Waals surface area contributed by atoms with Gasteiger partial charge in [0.2, 0.25) is 0 Å². The number of fused-ring (bicyclic) bond motifs is 1. The van der Waals surface area contributed by atoms with Gasteiger partial charge in [-0.05, 0) is 53.9 Å². The van der Waals surface area contributed by atoms with Gasteiger partial charge in [0.05, 0.1) is 5.69 Å². The van der Waals surface area contributed by atoms with Crippen molar-refractivity contribution in [3.05, 3.63) is 106 Å². The highest BCUT2D eigenvalue weighted by molar-refractivity contribution is 6.31. The molecule has 0 spiro atoms. The van der Waals surface area contributed by atoms with Gasteiger partial charge in [0.25, 0.3) is 0 Å². The normalized spacial score (nSPS) is 11.3. The number of hydrogen-bond donors (Lipinski definition) is 0. The van der Waals surface area contributed by atoms with Crippen LogP contribution in [0.3, 0.4) is 0 Å². The fourth-order valence-electron chi connectivity index (χ4n) is 3.18. The third kappa shape index (κ3) is 4.49. The molecule has 0 radical (unpaired) electrons. The Morgan fingerprint density at radius 3 is 2.48 bits per heavy atom. The molecule has 4 rings (SSSR count). The molecule has 0 saturated carbocycles. The smallest absolute Gasteiger partial charge is 0.129 e. The molecule has 0 saturated heterocycles. The molecule has 29 heavy (non-hydrogen) atoms. The summed E-state index contributed by atoms with van der Waals surface area (Å²) in [5.74, 6) is 0.811. The van der Waals surface area contributed by atoms with Crippen LogP contribution in [0.15, 0.2) is 83.9 Å². The first-order chi connectivity index (χ1) is 14.1. The maximum absolute atomic E-state index is 6.25. The molecule has 0 aliphatic heterocycles. The first-order valence-electron chi connectivity index (χ1n) is 9.60. The van der Waals surface area contributed by atoms with Gasteiger partial charge < -0.3 is 4.74 Å². The molecule has 0 amide bonds. The zero-order chi connectivity index (χ0) is 20.2. The number of aryl methyl sites for hydroxylation is 2. The fraction of sp³-hybridized carbons (Fsp3) is 0.115. The van der Waals surface area contributed by atoms with Gasteiger partial charge in [-0.3, -0.25) is 4.99 Å². The molecule has 2 nitrogen and oxygen atoms in total. The lowest BCUT2D eigenvalue weighted by molar-refractivity contribution is 0.306. The van der Waals surface area contributed by atoms with Gasteiger partial charge in [-0.1, -0.05) is 77.8 Å². The minimum atomic E-state index is 0.510. The average molecular weight is 400 g/mol. The van der Waals surface area contributed by atoms with Crippen LogP contribution >= 0.6 is 11.6 Å². The van der Waals surface area contributed by atoms with Crippen LogP contribution in [-0.2, 0) is 6.61 Å². The van der Waals surface area contributed by atoms with Gasteiger partial charge in [0.15, 0.2) is 0 Å². The van der Waals surface area contributed by atoms with Crippen LogP contribution in [0.1, 0.15) is 22.3 Å².